The van der Waals surface area contributed by atoms with Crippen molar-refractivity contribution in [3.05, 3.63) is 81.3 Å². The van der Waals surface area contributed by atoms with Crippen molar-refractivity contribution < 1.29 is 9.21 Å². The van der Waals surface area contributed by atoms with Crippen LogP contribution in [0.2, 0.25) is 10.0 Å². The van der Waals surface area contributed by atoms with Crippen LogP contribution in [-0.4, -0.2) is 10.9 Å². The summed E-state index contributed by atoms with van der Waals surface area (Å²) in [5.74, 6) is 0.172. The summed E-state index contributed by atoms with van der Waals surface area (Å²) in [6.45, 7) is 3.99. The molecule has 4 aromatic rings. The van der Waals surface area contributed by atoms with Gasteiger partial charge in [-0.1, -0.05) is 29.3 Å². The van der Waals surface area contributed by atoms with Gasteiger partial charge < -0.3 is 9.73 Å². The largest absolute Gasteiger partial charge is 0.436 e. The van der Waals surface area contributed by atoms with Crippen LogP contribution in [0, 0.1) is 13.8 Å². The third-order valence-electron chi connectivity index (χ3n) is 4.57. The van der Waals surface area contributed by atoms with Crippen LogP contribution in [0.1, 0.15) is 21.5 Å². The molecule has 0 radical (unpaired) electrons. The van der Waals surface area contributed by atoms with Gasteiger partial charge >= 0.3 is 0 Å². The molecule has 1 aromatic heterocycles. The lowest BCUT2D eigenvalue weighted by Gasteiger charge is -2.09. The number of fused-ring (bicyclic) bond motifs is 1. The van der Waals surface area contributed by atoms with Crippen molar-refractivity contribution in [3.8, 4) is 11.5 Å². The first-order chi connectivity index (χ1) is 13.4. The Labute approximate surface area is 172 Å². The molecular weight excluding hydrogens is 395 g/mol. The van der Waals surface area contributed by atoms with Crippen molar-refractivity contribution in [2.45, 2.75) is 13.8 Å². The fourth-order valence-electron chi connectivity index (χ4n) is 2.87. The Balaban J connectivity index is 1.66. The number of nitrogens with zero attached hydrogens (tertiary/aromatic N) is 1. The van der Waals surface area contributed by atoms with Gasteiger partial charge in [0.25, 0.3) is 5.91 Å². The Morgan fingerprint density at radius 3 is 2.57 bits per heavy atom. The normalized spacial score (nSPS) is 11.0. The van der Waals surface area contributed by atoms with Crippen LogP contribution >= 0.6 is 23.2 Å². The van der Waals surface area contributed by atoms with Crippen LogP contribution in [0.4, 0.5) is 5.69 Å². The van der Waals surface area contributed by atoms with E-state index in [2.05, 4.69) is 10.3 Å². The lowest BCUT2D eigenvalue weighted by Crippen LogP contribution is -2.12. The summed E-state index contributed by atoms with van der Waals surface area (Å²) in [7, 11) is 0. The molecule has 0 unspecified atom stereocenters. The fourth-order valence-corrected chi connectivity index (χ4v) is 3.23. The second kappa shape index (κ2) is 7.30. The number of halogens is 2. The molecule has 1 N–H and O–H groups in total. The van der Waals surface area contributed by atoms with E-state index in [0.29, 0.717) is 43.9 Å². The van der Waals surface area contributed by atoms with Crippen molar-refractivity contribution >= 4 is 45.9 Å². The number of hydrogen-bond donors (Lipinski definition) is 1. The summed E-state index contributed by atoms with van der Waals surface area (Å²) in [5.41, 5.74) is 5.24. The summed E-state index contributed by atoms with van der Waals surface area (Å²) >= 11 is 12.4. The zero-order valence-electron chi connectivity index (χ0n) is 15.2. The van der Waals surface area contributed by atoms with Crippen molar-refractivity contribution in [2.24, 2.45) is 0 Å². The first-order valence-corrected chi connectivity index (χ1v) is 9.41. The molecule has 4 nitrogen and oxygen atoms in total. The highest BCUT2D eigenvalue weighted by molar-refractivity contribution is 6.33. The molecule has 6 heteroatoms. The molecule has 0 saturated heterocycles. The molecule has 3 aromatic carbocycles. The van der Waals surface area contributed by atoms with Gasteiger partial charge in [-0.05, 0) is 73.5 Å². The number of hydrogen-bond acceptors (Lipinski definition) is 3. The number of amides is 1. The number of oxazole rings is 1. The maximum absolute atomic E-state index is 12.6. The Hall–Kier alpha value is -2.82. The quantitative estimate of drug-likeness (QED) is 0.410. The van der Waals surface area contributed by atoms with Crippen LogP contribution in [0.5, 0.6) is 0 Å². The molecule has 140 valence electrons. The van der Waals surface area contributed by atoms with Gasteiger partial charge in [-0.25, -0.2) is 4.98 Å². The molecule has 0 fully saturated rings. The Morgan fingerprint density at radius 2 is 1.79 bits per heavy atom. The predicted octanol–water partition coefficient (Wildman–Crippen LogP) is 6.67. The number of nitrogens with one attached hydrogen (secondary N) is 1. The number of anilines is 1. The van der Waals surface area contributed by atoms with Gasteiger partial charge in [-0.3, -0.25) is 4.79 Å². The van der Waals surface area contributed by atoms with Gasteiger partial charge in [0.15, 0.2) is 5.58 Å². The summed E-state index contributed by atoms with van der Waals surface area (Å²) in [6, 6.07) is 16.0. The molecule has 0 aliphatic rings. The molecule has 28 heavy (non-hydrogen) atoms. The van der Waals surface area contributed by atoms with E-state index in [1.807, 2.05) is 26.0 Å². The highest BCUT2D eigenvalue weighted by Crippen LogP contribution is 2.33. The van der Waals surface area contributed by atoms with E-state index < -0.39 is 0 Å². The zero-order valence-corrected chi connectivity index (χ0v) is 16.7. The van der Waals surface area contributed by atoms with Gasteiger partial charge in [0.05, 0.1) is 10.6 Å². The number of rotatable bonds is 3. The van der Waals surface area contributed by atoms with Crippen LogP contribution in [0.15, 0.2) is 59.0 Å². The average molecular weight is 411 g/mol. The zero-order chi connectivity index (χ0) is 19.8. The van der Waals surface area contributed by atoms with Crippen molar-refractivity contribution in [3.63, 3.8) is 0 Å². The van der Waals surface area contributed by atoms with Crippen LogP contribution in [0.3, 0.4) is 0 Å². The average Bonchev–Trinajstić information content (AvgIpc) is 3.08. The van der Waals surface area contributed by atoms with Crippen LogP contribution in [-0.2, 0) is 0 Å². The van der Waals surface area contributed by atoms with E-state index in [9.17, 15) is 4.79 Å². The summed E-state index contributed by atoms with van der Waals surface area (Å²) in [4.78, 5) is 17.0. The van der Waals surface area contributed by atoms with E-state index in [0.717, 1.165) is 11.1 Å². The second-order valence-electron chi connectivity index (χ2n) is 6.58. The van der Waals surface area contributed by atoms with Gasteiger partial charge in [-0.2, -0.15) is 0 Å². The molecule has 0 aliphatic heterocycles. The minimum atomic E-state index is -0.194. The Morgan fingerprint density at radius 1 is 0.964 bits per heavy atom. The summed E-state index contributed by atoms with van der Waals surface area (Å²) < 4.78 is 5.80. The van der Waals surface area contributed by atoms with E-state index in [-0.39, 0.29) is 5.91 Å². The summed E-state index contributed by atoms with van der Waals surface area (Å²) in [6.07, 6.45) is 0. The molecule has 1 heterocycles. The first kappa shape index (κ1) is 18.5. The molecule has 0 atom stereocenters. The van der Waals surface area contributed by atoms with Gasteiger partial charge in [0, 0.05) is 16.3 Å². The fraction of sp³-hybridized carbons (Fsp3) is 0.0909. The van der Waals surface area contributed by atoms with E-state index in [1.165, 1.54) is 0 Å². The number of carbonyl (C=O) groups is 1. The third-order valence-corrected chi connectivity index (χ3v) is 5.14. The van der Waals surface area contributed by atoms with Crippen LogP contribution in [0.25, 0.3) is 22.6 Å². The van der Waals surface area contributed by atoms with Gasteiger partial charge in [0.1, 0.15) is 5.52 Å². The lowest BCUT2D eigenvalue weighted by molar-refractivity contribution is 0.102. The molecule has 0 saturated carbocycles. The summed E-state index contributed by atoms with van der Waals surface area (Å²) in [5, 5.41) is 3.95. The van der Waals surface area contributed by atoms with E-state index in [1.54, 1.807) is 42.5 Å². The van der Waals surface area contributed by atoms with Crippen molar-refractivity contribution in [2.75, 3.05) is 5.32 Å². The molecule has 0 aliphatic carbocycles. The molecular formula is C22H16Cl2N2O2. The van der Waals surface area contributed by atoms with E-state index in [4.69, 9.17) is 27.6 Å². The predicted molar refractivity (Wildman–Crippen MR) is 113 cm³/mol. The maximum atomic E-state index is 12.6. The lowest BCUT2D eigenvalue weighted by atomic mass is 10.1. The monoisotopic (exact) mass is 410 g/mol. The second-order valence-corrected chi connectivity index (χ2v) is 7.42. The SMILES string of the molecule is Cc1ccc(C(=O)Nc2ccc(Cl)c(-c3nc4cc(Cl)ccc4o3)c2)cc1C. The molecule has 1 amide bonds. The number of aryl methyl sites for hydroxylation is 2. The van der Waals surface area contributed by atoms with E-state index >= 15 is 0 Å². The Bertz CT molecular complexity index is 1210. The highest BCUT2D eigenvalue weighted by atomic mass is 35.5. The minimum Gasteiger partial charge on any atom is -0.436 e. The Kier molecular flexibility index (Phi) is 4.84. The molecule has 0 spiro atoms. The molecule has 4 rings (SSSR count). The number of aromatic nitrogens is 1. The van der Waals surface area contributed by atoms with Crippen LogP contribution < -0.4 is 5.32 Å². The minimum absolute atomic E-state index is 0.194. The highest BCUT2D eigenvalue weighted by Gasteiger charge is 2.14. The smallest absolute Gasteiger partial charge is 0.255 e. The maximum Gasteiger partial charge on any atom is 0.255 e. The van der Waals surface area contributed by atoms with Gasteiger partial charge in [-0.15, -0.1) is 0 Å². The van der Waals surface area contributed by atoms with Crippen molar-refractivity contribution in [1.82, 2.24) is 4.98 Å². The standard InChI is InChI=1S/C22H16Cl2N2O2/c1-12-3-4-14(9-13(12)2)21(27)25-16-6-7-18(24)17(11-16)22-26-19-10-15(23)5-8-20(19)28-22/h3-11H,1-2H3,(H,25,27). The number of benzene rings is 3. The molecule has 0 bridgehead atoms. The van der Waals surface area contributed by atoms with Crippen molar-refractivity contribution in [1.29, 1.82) is 0 Å². The number of carbonyl (C=O) groups excluding carboxylic acids is 1. The van der Waals surface area contributed by atoms with Gasteiger partial charge in [0.2, 0.25) is 5.89 Å². The third kappa shape index (κ3) is 3.61. The topological polar surface area (TPSA) is 55.1 Å². The first-order valence-electron chi connectivity index (χ1n) is 8.65.